The highest BCUT2D eigenvalue weighted by molar-refractivity contribution is 5.67. The van der Waals surface area contributed by atoms with Crippen molar-refractivity contribution in [3.05, 3.63) is 35.7 Å². The summed E-state index contributed by atoms with van der Waals surface area (Å²) in [6, 6.07) is 4.37. The third kappa shape index (κ3) is 4.97. The number of amides is 1. The van der Waals surface area contributed by atoms with Gasteiger partial charge in [0.1, 0.15) is 12.1 Å². The molecule has 1 N–H and O–H groups in total. The molecule has 1 heterocycles. The summed E-state index contributed by atoms with van der Waals surface area (Å²) in [4.78, 5) is 15.5. The number of alkyl halides is 3. The molecular formula is C15H16F3N3O3. The summed E-state index contributed by atoms with van der Waals surface area (Å²) in [6.45, 7) is 5.12. The van der Waals surface area contributed by atoms with E-state index in [4.69, 9.17) is 9.26 Å². The number of nitrogens with one attached hydrogen (secondary N) is 1. The molecule has 0 unspecified atom stereocenters. The van der Waals surface area contributed by atoms with Gasteiger partial charge < -0.3 is 14.6 Å². The van der Waals surface area contributed by atoms with E-state index in [2.05, 4.69) is 15.5 Å². The van der Waals surface area contributed by atoms with Gasteiger partial charge in [-0.1, -0.05) is 17.3 Å². The van der Waals surface area contributed by atoms with Gasteiger partial charge in [-0.25, -0.2) is 4.79 Å². The van der Waals surface area contributed by atoms with Crippen LogP contribution in [-0.2, 0) is 17.5 Å². The number of ether oxygens (including phenoxy) is 1. The number of alkyl carbamates (subject to hydrolysis) is 1. The lowest BCUT2D eigenvalue weighted by Gasteiger charge is -2.19. The molecule has 130 valence electrons. The molecule has 0 aliphatic carbocycles. The van der Waals surface area contributed by atoms with E-state index in [1.807, 2.05) is 0 Å². The van der Waals surface area contributed by atoms with Gasteiger partial charge >= 0.3 is 12.3 Å². The Balaban J connectivity index is 1.99. The van der Waals surface area contributed by atoms with Crippen LogP contribution in [-0.4, -0.2) is 21.8 Å². The number of rotatable bonds is 3. The molecule has 1 aromatic heterocycles. The quantitative estimate of drug-likeness (QED) is 0.918. The van der Waals surface area contributed by atoms with Crippen molar-refractivity contribution >= 4 is 6.09 Å². The van der Waals surface area contributed by atoms with Crippen LogP contribution in [0.5, 0.6) is 0 Å². The SMILES string of the molecule is CC(C)(C)OC(=O)NCc1nc(-c2ccc(C(F)(F)F)cc2)no1. The maximum Gasteiger partial charge on any atom is 0.416 e. The Morgan fingerprint density at radius 3 is 2.38 bits per heavy atom. The zero-order valence-electron chi connectivity index (χ0n) is 13.3. The molecule has 24 heavy (non-hydrogen) atoms. The summed E-state index contributed by atoms with van der Waals surface area (Å²) in [5.41, 5.74) is -1.03. The zero-order chi connectivity index (χ0) is 18.0. The lowest BCUT2D eigenvalue weighted by molar-refractivity contribution is -0.137. The van der Waals surface area contributed by atoms with Crippen molar-refractivity contribution in [1.29, 1.82) is 0 Å². The van der Waals surface area contributed by atoms with Crippen molar-refractivity contribution in [2.24, 2.45) is 0 Å². The lowest BCUT2D eigenvalue weighted by atomic mass is 10.1. The highest BCUT2D eigenvalue weighted by Gasteiger charge is 2.30. The van der Waals surface area contributed by atoms with Gasteiger partial charge in [0.05, 0.1) is 5.56 Å². The van der Waals surface area contributed by atoms with Crippen LogP contribution < -0.4 is 5.32 Å². The molecule has 6 nitrogen and oxygen atoms in total. The Kier molecular flexibility index (Phi) is 4.81. The maximum atomic E-state index is 12.5. The summed E-state index contributed by atoms with van der Waals surface area (Å²) < 4.78 is 47.5. The second kappa shape index (κ2) is 6.50. The third-order valence-corrected chi connectivity index (χ3v) is 2.72. The molecule has 0 atom stereocenters. The van der Waals surface area contributed by atoms with Crippen LogP contribution >= 0.6 is 0 Å². The first-order chi connectivity index (χ1) is 11.0. The first-order valence-corrected chi connectivity index (χ1v) is 7.02. The van der Waals surface area contributed by atoms with Crippen molar-refractivity contribution in [1.82, 2.24) is 15.5 Å². The molecule has 0 spiro atoms. The van der Waals surface area contributed by atoms with Crippen molar-refractivity contribution in [3.63, 3.8) is 0 Å². The fourth-order valence-corrected chi connectivity index (χ4v) is 1.71. The predicted octanol–water partition coefficient (Wildman–Crippen LogP) is 3.78. The highest BCUT2D eigenvalue weighted by atomic mass is 19.4. The van der Waals surface area contributed by atoms with Crippen molar-refractivity contribution in [3.8, 4) is 11.4 Å². The molecule has 1 aromatic carbocycles. The Labute approximate surface area is 136 Å². The van der Waals surface area contributed by atoms with E-state index in [9.17, 15) is 18.0 Å². The molecule has 0 aliphatic rings. The van der Waals surface area contributed by atoms with E-state index in [0.29, 0.717) is 5.56 Å². The summed E-state index contributed by atoms with van der Waals surface area (Å²) >= 11 is 0. The first-order valence-electron chi connectivity index (χ1n) is 7.02. The number of hydrogen-bond acceptors (Lipinski definition) is 5. The largest absolute Gasteiger partial charge is 0.444 e. The van der Waals surface area contributed by atoms with Crippen LogP contribution in [0.3, 0.4) is 0 Å². The Bertz CT molecular complexity index is 703. The molecule has 2 aromatic rings. The Morgan fingerprint density at radius 1 is 1.21 bits per heavy atom. The summed E-state index contributed by atoms with van der Waals surface area (Å²) in [5.74, 6) is 0.237. The number of halogens is 3. The number of nitrogens with zero attached hydrogens (tertiary/aromatic N) is 2. The van der Waals surface area contributed by atoms with Gasteiger partial charge in [-0.3, -0.25) is 0 Å². The molecular weight excluding hydrogens is 327 g/mol. The van der Waals surface area contributed by atoms with Gasteiger partial charge in [0.25, 0.3) is 0 Å². The van der Waals surface area contributed by atoms with Crippen LogP contribution in [0.25, 0.3) is 11.4 Å². The highest BCUT2D eigenvalue weighted by Crippen LogP contribution is 2.30. The van der Waals surface area contributed by atoms with Gasteiger partial charge in [-0.15, -0.1) is 0 Å². The van der Waals surface area contributed by atoms with Gasteiger partial charge in [-0.2, -0.15) is 18.2 Å². The van der Waals surface area contributed by atoms with Crippen molar-refractivity contribution < 1.29 is 27.2 Å². The van der Waals surface area contributed by atoms with E-state index >= 15 is 0 Å². The molecule has 0 fully saturated rings. The fraction of sp³-hybridized carbons (Fsp3) is 0.400. The van der Waals surface area contributed by atoms with Gasteiger partial charge in [0.2, 0.25) is 11.7 Å². The monoisotopic (exact) mass is 343 g/mol. The minimum Gasteiger partial charge on any atom is -0.444 e. The molecule has 0 radical (unpaired) electrons. The zero-order valence-corrected chi connectivity index (χ0v) is 13.3. The molecule has 1 amide bonds. The number of aromatic nitrogens is 2. The topological polar surface area (TPSA) is 77.2 Å². The van der Waals surface area contributed by atoms with Gasteiger partial charge in [0, 0.05) is 5.56 Å². The second-order valence-electron chi connectivity index (χ2n) is 5.94. The molecule has 0 saturated carbocycles. The van der Waals surface area contributed by atoms with Crippen LogP contribution in [0.1, 0.15) is 32.2 Å². The van der Waals surface area contributed by atoms with Gasteiger partial charge in [-0.05, 0) is 32.9 Å². The number of benzene rings is 1. The molecule has 0 bridgehead atoms. The average molecular weight is 343 g/mol. The van der Waals surface area contributed by atoms with E-state index in [1.165, 1.54) is 12.1 Å². The summed E-state index contributed by atoms with van der Waals surface area (Å²) in [6.07, 6.45) is -5.05. The van der Waals surface area contributed by atoms with Gasteiger partial charge in [0.15, 0.2) is 0 Å². The summed E-state index contributed by atoms with van der Waals surface area (Å²) in [5, 5.41) is 6.11. The van der Waals surface area contributed by atoms with E-state index < -0.39 is 23.4 Å². The van der Waals surface area contributed by atoms with E-state index in [0.717, 1.165) is 12.1 Å². The fourth-order valence-electron chi connectivity index (χ4n) is 1.71. The van der Waals surface area contributed by atoms with Crippen LogP contribution in [0.15, 0.2) is 28.8 Å². The number of hydrogen-bond donors (Lipinski definition) is 1. The van der Waals surface area contributed by atoms with Crippen molar-refractivity contribution in [2.75, 3.05) is 0 Å². The second-order valence-corrected chi connectivity index (χ2v) is 5.94. The predicted molar refractivity (Wildman–Crippen MR) is 77.8 cm³/mol. The van der Waals surface area contributed by atoms with Crippen LogP contribution in [0, 0.1) is 0 Å². The van der Waals surface area contributed by atoms with E-state index in [1.54, 1.807) is 20.8 Å². The third-order valence-electron chi connectivity index (χ3n) is 2.72. The summed E-state index contributed by atoms with van der Waals surface area (Å²) in [7, 11) is 0. The normalized spacial score (nSPS) is 12.1. The van der Waals surface area contributed by atoms with Crippen molar-refractivity contribution in [2.45, 2.75) is 39.1 Å². The Hall–Kier alpha value is -2.58. The number of carbonyl (C=O) groups excluding carboxylic acids is 1. The molecule has 9 heteroatoms. The average Bonchev–Trinajstić information content (AvgIpc) is 2.91. The smallest absolute Gasteiger partial charge is 0.416 e. The molecule has 0 aliphatic heterocycles. The molecule has 0 saturated heterocycles. The standard InChI is InChI=1S/C15H16F3N3O3/c1-14(2,3)23-13(22)19-8-11-20-12(21-24-11)9-4-6-10(7-5-9)15(16,17)18/h4-7H,8H2,1-3H3,(H,19,22). The number of carbonyl (C=O) groups is 1. The Morgan fingerprint density at radius 2 is 1.83 bits per heavy atom. The van der Waals surface area contributed by atoms with E-state index in [-0.39, 0.29) is 18.3 Å². The molecule has 2 rings (SSSR count). The van der Waals surface area contributed by atoms with Crippen LogP contribution in [0.2, 0.25) is 0 Å². The first kappa shape index (κ1) is 17.8. The lowest BCUT2D eigenvalue weighted by Crippen LogP contribution is -2.32. The maximum absolute atomic E-state index is 12.5. The minimum absolute atomic E-state index is 0.0530. The van der Waals surface area contributed by atoms with Crippen LogP contribution in [0.4, 0.5) is 18.0 Å². The minimum atomic E-state index is -4.40.